The Kier molecular flexibility index (Phi) is 10.2. The van der Waals surface area contributed by atoms with E-state index in [2.05, 4.69) is 36.6 Å². The molecule has 0 aromatic carbocycles. The SMILES string of the molecule is CN=C(NCCCOCC1CCOC1)NCCCc1nnc(SC)n1C1CCCC1. The Bertz CT molecular complexity index is 641. The van der Waals surface area contributed by atoms with Crippen molar-refractivity contribution in [3.8, 4) is 0 Å². The molecule has 0 spiro atoms. The van der Waals surface area contributed by atoms with Crippen molar-refractivity contribution in [2.24, 2.45) is 10.9 Å². The van der Waals surface area contributed by atoms with E-state index in [4.69, 9.17) is 9.47 Å². The van der Waals surface area contributed by atoms with E-state index in [1.54, 1.807) is 11.8 Å². The van der Waals surface area contributed by atoms with Gasteiger partial charge in [0.05, 0.1) is 13.2 Å². The molecule has 0 radical (unpaired) electrons. The van der Waals surface area contributed by atoms with E-state index in [-0.39, 0.29) is 0 Å². The molecule has 1 aliphatic carbocycles. The predicted molar refractivity (Wildman–Crippen MR) is 121 cm³/mol. The Hall–Kier alpha value is -1.32. The monoisotopic (exact) mass is 438 g/mol. The molecule has 0 amide bonds. The lowest BCUT2D eigenvalue weighted by molar-refractivity contribution is 0.0888. The third kappa shape index (κ3) is 7.13. The maximum Gasteiger partial charge on any atom is 0.191 e. The van der Waals surface area contributed by atoms with Crippen LogP contribution in [0.5, 0.6) is 0 Å². The van der Waals surface area contributed by atoms with Crippen molar-refractivity contribution in [2.75, 3.05) is 52.8 Å². The molecule has 1 unspecified atom stereocenters. The summed E-state index contributed by atoms with van der Waals surface area (Å²) >= 11 is 1.70. The Balaban J connectivity index is 1.29. The fraction of sp³-hybridized carbons (Fsp3) is 0.857. The minimum Gasteiger partial charge on any atom is -0.381 e. The van der Waals surface area contributed by atoms with Gasteiger partial charge in [0, 0.05) is 51.7 Å². The van der Waals surface area contributed by atoms with Gasteiger partial charge in [0.1, 0.15) is 5.82 Å². The first kappa shape index (κ1) is 23.3. The van der Waals surface area contributed by atoms with Gasteiger partial charge in [-0.15, -0.1) is 10.2 Å². The highest BCUT2D eigenvalue weighted by molar-refractivity contribution is 7.98. The first-order valence-corrected chi connectivity index (χ1v) is 12.6. The molecule has 0 bridgehead atoms. The van der Waals surface area contributed by atoms with E-state index in [1.807, 2.05) is 7.05 Å². The standard InChI is InChI=1S/C21H38N6O2S/c1-22-20(24-12-6-13-28-15-17-10-14-29-16-17)23-11-5-9-19-25-26-21(30-2)27(19)18-7-3-4-8-18/h17-18H,3-16H2,1-2H3,(H2,22,23,24). The van der Waals surface area contributed by atoms with Crippen molar-refractivity contribution < 1.29 is 9.47 Å². The minimum absolute atomic E-state index is 0.582. The lowest BCUT2D eigenvalue weighted by Gasteiger charge is -2.16. The first-order chi connectivity index (χ1) is 14.8. The van der Waals surface area contributed by atoms with Gasteiger partial charge in [0.15, 0.2) is 11.1 Å². The lowest BCUT2D eigenvalue weighted by Crippen LogP contribution is -2.38. The number of guanidine groups is 1. The van der Waals surface area contributed by atoms with Crippen LogP contribution < -0.4 is 10.6 Å². The molecule has 1 saturated carbocycles. The molecular weight excluding hydrogens is 400 g/mol. The third-order valence-electron chi connectivity index (χ3n) is 5.84. The van der Waals surface area contributed by atoms with Crippen molar-refractivity contribution >= 4 is 17.7 Å². The number of aromatic nitrogens is 3. The molecule has 1 saturated heterocycles. The van der Waals surface area contributed by atoms with E-state index in [9.17, 15) is 0 Å². The Labute approximate surface area is 185 Å². The molecule has 2 aliphatic rings. The average Bonchev–Trinajstić information content (AvgIpc) is 3.53. The number of hydrogen-bond donors (Lipinski definition) is 2. The van der Waals surface area contributed by atoms with Gasteiger partial charge in [-0.05, 0) is 38.4 Å². The van der Waals surface area contributed by atoms with Crippen LogP contribution in [0.2, 0.25) is 0 Å². The molecule has 2 N–H and O–H groups in total. The van der Waals surface area contributed by atoms with E-state index in [0.717, 1.165) is 82.1 Å². The number of ether oxygens (including phenoxy) is 2. The van der Waals surface area contributed by atoms with Crippen molar-refractivity contribution in [2.45, 2.75) is 62.6 Å². The van der Waals surface area contributed by atoms with Gasteiger partial charge in [0.2, 0.25) is 0 Å². The summed E-state index contributed by atoms with van der Waals surface area (Å²) in [6.07, 6.45) is 11.3. The first-order valence-electron chi connectivity index (χ1n) is 11.4. The van der Waals surface area contributed by atoms with Crippen molar-refractivity contribution in [1.82, 2.24) is 25.4 Å². The number of aliphatic imine (C=N–C) groups is 1. The second kappa shape index (κ2) is 13.2. The summed E-state index contributed by atoms with van der Waals surface area (Å²) in [4.78, 5) is 4.31. The zero-order chi connectivity index (χ0) is 21.0. The third-order valence-corrected chi connectivity index (χ3v) is 6.48. The molecule has 30 heavy (non-hydrogen) atoms. The summed E-state index contributed by atoms with van der Waals surface area (Å²) in [6, 6.07) is 0.586. The normalized spacial score (nSPS) is 20.2. The van der Waals surface area contributed by atoms with Crippen molar-refractivity contribution in [3.63, 3.8) is 0 Å². The Morgan fingerprint density at radius 3 is 2.70 bits per heavy atom. The molecule has 170 valence electrons. The van der Waals surface area contributed by atoms with E-state index >= 15 is 0 Å². The lowest BCUT2D eigenvalue weighted by atomic mass is 10.1. The predicted octanol–water partition coefficient (Wildman–Crippen LogP) is 2.66. The molecule has 3 rings (SSSR count). The molecule has 1 aromatic rings. The highest BCUT2D eigenvalue weighted by atomic mass is 32.2. The van der Waals surface area contributed by atoms with Crippen LogP contribution in [-0.4, -0.2) is 73.5 Å². The quantitative estimate of drug-likeness (QED) is 0.225. The maximum atomic E-state index is 5.75. The highest BCUT2D eigenvalue weighted by Gasteiger charge is 2.23. The number of nitrogens with zero attached hydrogens (tertiary/aromatic N) is 4. The maximum absolute atomic E-state index is 5.75. The number of rotatable bonds is 12. The molecule has 2 fully saturated rings. The van der Waals surface area contributed by atoms with Gasteiger partial charge in [0.25, 0.3) is 0 Å². The van der Waals surface area contributed by atoms with Crippen LogP contribution in [0.3, 0.4) is 0 Å². The van der Waals surface area contributed by atoms with Crippen LogP contribution in [0.15, 0.2) is 10.1 Å². The van der Waals surface area contributed by atoms with Crippen LogP contribution in [0.1, 0.15) is 56.8 Å². The summed E-state index contributed by atoms with van der Waals surface area (Å²) in [5.74, 6) is 2.56. The van der Waals surface area contributed by atoms with Gasteiger partial charge in [-0.2, -0.15) is 0 Å². The van der Waals surface area contributed by atoms with Crippen LogP contribution in [0.25, 0.3) is 0 Å². The van der Waals surface area contributed by atoms with Crippen molar-refractivity contribution in [3.05, 3.63) is 5.82 Å². The largest absolute Gasteiger partial charge is 0.381 e. The summed E-state index contributed by atoms with van der Waals surface area (Å²) in [6.45, 7) is 5.05. The second-order valence-electron chi connectivity index (χ2n) is 8.10. The summed E-state index contributed by atoms with van der Waals surface area (Å²) < 4.78 is 13.5. The smallest absolute Gasteiger partial charge is 0.191 e. The molecule has 1 atom stereocenters. The number of thioether (sulfide) groups is 1. The molecule has 8 nitrogen and oxygen atoms in total. The topological polar surface area (TPSA) is 85.6 Å². The van der Waals surface area contributed by atoms with Crippen LogP contribution in [0, 0.1) is 5.92 Å². The van der Waals surface area contributed by atoms with Gasteiger partial charge >= 0.3 is 0 Å². The molecule has 1 aliphatic heterocycles. The molecule has 1 aromatic heterocycles. The van der Waals surface area contributed by atoms with Gasteiger partial charge in [-0.1, -0.05) is 24.6 Å². The second-order valence-corrected chi connectivity index (χ2v) is 8.87. The van der Waals surface area contributed by atoms with Gasteiger partial charge < -0.3 is 24.7 Å². The zero-order valence-corrected chi connectivity index (χ0v) is 19.4. The van der Waals surface area contributed by atoms with Crippen LogP contribution in [-0.2, 0) is 15.9 Å². The van der Waals surface area contributed by atoms with E-state index in [0.29, 0.717) is 12.0 Å². The number of nitrogens with one attached hydrogen (secondary N) is 2. The molecular formula is C21H38N6O2S. The average molecular weight is 439 g/mol. The minimum atomic E-state index is 0.582. The number of aryl methyl sites for hydroxylation is 1. The Morgan fingerprint density at radius 1 is 1.20 bits per heavy atom. The zero-order valence-electron chi connectivity index (χ0n) is 18.6. The molecule has 2 heterocycles. The summed E-state index contributed by atoms with van der Waals surface area (Å²) in [5, 5.41) is 16.7. The van der Waals surface area contributed by atoms with E-state index in [1.165, 1.54) is 25.7 Å². The number of hydrogen-bond acceptors (Lipinski definition) is 6. The van der Waals surface area contributed by atoms with Gasteiger partial charge in [-0.3, -0.25) is 4.99 Å². The highest BCUT2D eigenvalue weighted by Crippen LogP contribution is 2.33. The van der Waals surface area contributed by atoms with Crippen LogP contribution in [0.4, 0.5) is 0 Å². The molecule has 9 heteroatoms. The van der Waals surface area contributed by atoms with Crippen molar-refractivity contribution in [1.29, 1.82) is 0 Å². The summed E-state index contributed by atoms with van der Waals surface area (Å²) in [7, 11) is 1.81. The fourth-order valence-corrected chi connectivity index (χ4v) is 4.74. The fourth-order valence-electron chi connectivity index (χ4n) is 4.17. The van der Waals surface area contributed by atoms with Gasteiger partial charge in [-0.25, -0.2) is 0 Å². The van der Waals surface area contributed by atoms with Crippen LogP contribution >= 0.6 is 11.8 Å². The van der Waals surface area contributed by atoms with E-state index < -0.39 is 0 Å². The Morgan fingerprint density at radius 2 is 2.00 bits per heavy atom. The summed E-state index contributed by atoms with van der Waals surface area (Å²) in [5.41, 5.74) is 0.